The van der Waals surface area contributed by atoms with Crippen LogP contribution in [0.3, 0.4) is 0 Å². The average Bonchev–Trinajstić information content (AvgIpc) is 2.86. The van der Waals surface area contributed by atoms with E-state index in [2.05, 4.69) is 32.6 Å². The summed E-state index contributed by atoms with van der Waals surface area (Å²) in [5.41, 5.74) is 0.947. The third kappa shape index (κ3) is 6.78. The summed E-state index contributed by atoms with van der Waals surface area (Å²) in [4.78, 5) is 11.0. The normalized spacial score (nSPS) is 9.83. The van der Waals surface area contributed by atoms with E-state index in [1.807, 2.05) is 0 Å². The van der Waals surface area contributed by atoms with Crippen LogP contribution in [-0.4, -0.2) is 47.5 Å². The van der Waals surface area contributed by atoms with Crippen LogP contribution in [0.1, 0.15) is 19.0 Å². The van der Waals surface area contributed by atoms with Gasteiger partial charge in [-0.2, -0.15) is 15.4 Å². The van der Waals surface area contributed by atoms with E-state index in [0.29, 0.717) is 6.61 Å². The molecule has 0 aliphatic heterocycles. The number of nitrogens with zero attached hydrogens (tertiary/aromatic N) is 2. The molecule has 6 heteroatoms. The summed E-state index contributed by atoms with van der Waals surface area (Å²) in [6, 6.07) is 0. The highest BCUT2D eigenvalue weighted by molar-refractivity contribution is 5.96. The molecule has 0 saturated carbocycles. The molecule has 0 fully saturated rings. The monoisotopic (exact) mass is 250 g/mol. The zero-order chi connectivity index (χ0) is 13.1. The van der Waals surface area contributed by atoms with Gasteiger partial charge in [0.1, 0.15) is 6.61 Å². The average molecular weight is 250 g/mol. The van der Waals surface area contributed by atoms with Gasteiger partial charge in [-0.3, -0.25) is 4.79 Å². The quantitative estimate of drug-likeness (QED) is 0.364. The number of H-pyrrole nitrogens is 1. The first-order valence-corrected chi connectivity index (χ1v) is 5.91. The van der Waals surface area contributed by atoms with Gasteiger partial charge < -0.3 is 10.1 Å². The maximum Gasteiger partial charge on any atom is 0.231 e. The smallest absolute Gasteiger partial charge is 0.231 e. The lowest BCUT2D eigenvalue weighted by Gasteiger charge is -2.03. The van der Waals surface area contributed by atoms with E-state index in [4.69, 9.17) is 4.74 Å². The Kier molecular flexibility index (Phi) is 7.44. The van der Waals surface area contributed by atoms with E-state index in [1.54, 1.807) is 13.1 Å². The molecule has 0 atom stereocenters. The Morgan fingerprint density at radius 3 is 3.17 bits per heavy atom. The van der Waals surface area contributed by atoms with Crippen LogP contribution in [0.15, 0.2) is 6.20 Å². The fourth-order valence-corrected chi connectivity index (χ4v) is 1.33. The first-order valence-electron chi connectivity index (χ1n) is 5.91. The fourth-order valence-electron chi connectivity index (χ4n) is 1.33. The molecule has 0 aliphatic rings. The Morgan fingerprint density at radius 2 is 2.44 bits per heavy atom. The summed E-state index contributed by atoms with van der Waals surface area (Å²) in [7, 11) is 0. The second-order valence-electron chi connectivity index (χ2n) is 3.67. The van der Waals surface area contributed by atoms with Gasteiger partial charge in [-0.15, -0.1) is 0 Å². The Morgan fingerprint density at radius 1 is 1.56 bits per heavy atom. The summed E-state index contributed by atoms with van der Waals surface area (Å²) in [6.45, 7) is 3.99. The molecule has 0 radical (unpaired) electrons. The van der Waals surface area contributed by atoms with Crippen molar-refractivity contribution >= 4 is 5.78 Å². The fraction of sp³-hybridized carbons (Fsp3) is 0.583. The van der Waals surface area contributed by atoms with Gasteiger partial charge in [0.2, 0.25) is 5.78 Å². The summed E-state index contributed by atoms with van der Waals surface area (Å²) >= 11 is 0. The number of carbonyl (C=O) groups excluding carboxylic acids is 1. The first-order chi connectivity index (χ1) is 8.83. The van der Waals surface area contributed by atoms with Crippen molar-refractivity contribution in [2.75, 3.05) is 26.3 Å². The maximum atomic E-state index is 11.0. The van der Waals surface area contributed by atoms with Gasteiger partial charge in [-0.05, 0) is 25.8 Å². The molecule has 1 aromatic rings. The molecule has 1 rings (SSSR count). The van der Waals surface area contributed by atoms with E-state index in [0.717, 1.165) is 31.6 Å². The zero-order valence-electron chi connectivity index (χ0n) is 10.5. The number of hydrogen-bond donors (Lipinski definition) is 2. The van der Waals surface area contributed by atoms with E-state index in [9.17, 15) is 4.79 Å². The molecule has 0 saturated heterocycles. The Hall–Kier alpha value is -1.71. The van der Waals surface area contributed by atoms with E-state index < -0.39 is 0 Å². The SMILES string of the molecule is CC#CC(=O)COCCCNCCc1cn[nH]n1. The molecular weight excluding hydrogens is 232 g/mol. The van der Waals surface area contributed by atoms with Crippen LogP contribution in [0.25, 0.3) is 0 Å². The predicted octanol–water partition coefficient (Wildman–Crippen LogP) is -0.0641. The highest BCUT2D eigenvalue weighted by atomic mass is 16.5. The van der Waals surface area contributed by atoms with Gasteiger partial charge in [0.05, 0.1) is 11.9 Å². The largest absolute Gasteiger partial charge is 0.373 e. The second kappa shape index (κ2) is 9.33. The minimum absolute atomic E-state index is 0.0831. The number of Topliss-reactive ketones (excluding diaryl/α,β-unsaturated/α-hetero) is 1. The van der Waals surface area contributed by atoms with Crippen molar-refractivity contribution in [3.05, 3.63) is 11.9 Å². The maximum absolute atomic E-state index is 11.0. The lowest BCUT2D eigenvalue weighted by Crippen LogP contribution is -2.20. The van der Waals surface area contributed by atoms with Gasteiger partial charge in [0.25, 0.3) is 0 Å². The molecule has 1 heterocycles. The molecule has 18 heavy (non-hydrogen) atoms. The molecule has 0 unspecified atom stereocenters. The molecule has 0 aromatic carbocycles. The molecule has 6 nitrogen and oxygen atoms in total. The molecule has 0 bridgehead atoms. The van der Waals surface area contributed by atoms with Crippen molar-refractivity contribution in [1.82, 2.24) is 20.7 Å². The molecular formula is C12H18N4O2. The molecule has 1 aromatic heterocycles. The number of hydrogen-bond acceptors (Lipinski definition) is 5. The van der Waals surface area contributed by atoms with Crippen LogP contribution in [0, 0.1) is 11.8 Å². The minimum Gasteiger partial charge on any atom is -0.373 e. The van der Waals surface area contributed by atoms with Crippen LogP contribution in [0.4, 0.5) is 0 Å². The minimum atomic E-state index is -0.170. The predicted molar refractivity (Wildman–Crippen MR) is 66.8 cm³/mol. The van der Waals surface area contributed by atoms with Gasteiger partial charge in [0, 0.05) is 19.6 Å². The number of aromatic amines is 1. The van der Waals surface area contributed by atoms with Crippen LogP contribution in [-0.2, 0) is 16.0 Å². The van der Waals surface area contributed by atoms with Crippen molar-refractivity contribution in [2.45, 2.75) is 19.8 Å². The third-order valence-corrected chi connectivity index (χ3v) is 2.16. The van der Waals surface area contributed by atoms with Crippen molar-refractivity contribution in [1.29, 1.82) is 0 Å². The first kappa shape index (κ1) is 14.4. The van der Waals surface area contributed by atoms with Crippen LogP contribution < -0.4 is 5.32 Å². The molecule has 98 valence electrons. The van der Waals surface area contributed by atoms with Crippen molar-refractivity contribution in [3.63, 3.8) is 0 Å². The number of ether oxygens (including phenoxy) is 1. The highest BCUT2D eigenvalue weighted by Gasteiger charge is 1.97. The summed E-state index contributed by atoms with van der Waals surface area (Å²) in [5, 5.41) is 13.5. The van der Waals surface area contributed by atoms with Crippen molar-refractivity contribution < 1.29 is 9.53 Å². The number of nitrogens with one attached hydrogen (secondary N) is 2. The van der Waals surface area contributed by atoms with Crippen LogP contribution in [0.5, 0.6) is 0 Å². The lowest BCUT2D eigenvalue weighted by molar-refractivity contribution is -0.118. The standard InChI is InChI=1S/C12H18N4O2/c1-2-4-12(17)10-18-8-3-6-13-7-5-11-9-14-16-15-11/h9,13H,3,5-8,10H2,1H3,(H,14,15,16). The van der Waals surface area contributed by atoms with Gasteiger partial charge >= 0.3 is 0 Å². The lowest BCUT2D eigenvalue weighted by atomic mass is 10.3. The van der Waals surface area contributed by atoms with E-state index in [1.165, 1.54) is 0 Å². The summed E-state index contributed by atoms with van der Waals surface area (Å²) < 4.78 is 5.18. The van der Waals surface area contributed by atoms with Gasteiger partial charge in [-0.25, -0.2) is 0 Å². The molecule has 0 amide bonds. The third-order valence-electron chi connectivity index (χ3n) is 2.16. The number of ketones is 1. The number of carbonyl (C=O) groups is 1. The van der Waals surface area contributed by atoms with Crippen molar-refractivity contribution in [2.24, 2.45) is 0 Å². The Labute approximate surface area is 106 Å². The summed E-state index contributed by atoms with van der Waals surface area (Å²) in [6.07, 6.45) is 3.43. The zero-order valence-corrected chi connectivity index (χ0v) is 10.5. The number of rotatable bonds is 9. The van der Waals surface area contributed by atoms with E-state index >= 15 is 0 Å². The second-order valence-corrected chi connectivity index (χ2v) is 3.67. The van der Waals surface area contributed by atoms with Crippen molar-refractivity contribution in [3.8, 4) is 11.8 Å². The summed E-state index contributed by atoms with van der Waals surface area (Å²) in [5.74, 6) is 4.80. The Balaban J connectivity index is 1.86. The van der Waals surface area contributed by atoms with Crippen LogP contribution in [0.2, 0.25) is 0 Å². The van der Waals surface area contributed by atoms with Gasteiger partial charge in [0.15, 0.2) is 0 Å². The molecule has 2 N–H and O–H groups in total. The van der Waals surface area contributed by atoms with E-state index in [-0.39, 0.29) is 12.4 Å². The molecule has 0 spiro atoms. The highest BCUT2D eigenvalue weighted by Crippen LogP contribution is 1.88. The Bertz CT molecular complexity index is 392. The van der Waals surface area contributed by atoms with Crippen LogP contribution >= 0.6 is 0 Å². The molecule has 0 aliphatic carbocycles. The topological polar surface area (TPSA) is 79.9 Å². The number of aromatic nitrogens is 3. The van der Waals surface area contributed by atoms with Gasteiger partial charge in [-0.1, -0.05) is 5.92 Å².